The van der Waals surface area contributed by atoms with Crippen molar-refractivity contribution >= 4 is 46.6 Å². The lowest BCUT2D eigenvalue weighted by Gasteiger charge is -2.35. The summed E-state index contributed by atoms with van der Waals surface area (Å²) in [6.45, 7) is 6.52. The molecule has 2 unspecified atom stereocenters. The molecule has 4 rings (SSSR count). The van der Waals surface area contributed by atoms with E-state index >= 15 is 0 Å². The number of carboxylic acids is 1. The van der Waals surface area contributed by atoms with E-state index < -0.39 is 36.0 Å². The lowest BCUT2D eigenvalue weighted by atomic mass is 10.1. The fourth-order valence-corrected chi connectivity index (χ4v) is 5.62. The number of nitrogens with one attached hydrogen (secondary N) is 2. The highest BCUT2D eigenvalue weighted by Gasteiger charge is 2.35. The highest BCUT2D eigenvalue weighted by atomic mass is 16.6. The molecule has 2 saturated heterocycles. The fraction of sp³-hybridized carbons (Fsp3) is 0.531. The van der Waals surface area contributed by atoms with Crippen LogP contribution in [0.2, 0.25) is 0 Å². The van der Waals surface area contributed by atoms with Gasteiger partial charge in [0.1, 0.15) is 23.5 Å². The quantitative estimate of drug-likeness (QED) is 0.302. The Kier molecular flexibility index (Phi) is 11.9. The molecule has 254 valence electrons. The van der Waals surface area contributed by atoms with Crippen molar-refractivity contribution in [2.45, 2.75) is 64.6 Å². The van der Waals surface area contributed by atoms with Gasteiger partial charge in [-0.1, -0.05) is 12.1 Å². The highest BCUT2D eigenvalue weighted by Crippen LogP contribution is 2.26. The van der Waals surface area contributed by atoms with Crippen LogP contribution in [0.5, 0.6) is 5.75 Å². The van der Waals surface area contributed by atoms with E-state index in [0.717, 1.165) is 0 Å². The second kappa shape index (κ2) is 16.1. The minimum atomic E-state index is -1.17. The molecule has 2 atom stereocenters. The average Bonchev–Trinajstić information content (AvgIpc) is 3.55. The molecule has 0 spiro atoms. The zero-order valence-corrected chi connectivity index (χ0v) is 26.9. The predicted molar refractivity (Wildman–Crippen MR) is 169 cm³/mol. The lowest BCUT2D eigenvalue weighted by molar-refractivity contribution is -0.140. The van der Waals surface area contributed by atoms with Crippen LogP contribution in [-0.4, -0.2) is 125 Å². The number of carbonyl (C=O) groups is 6. The third kappa shape index (κ3) is 9.08. The van der Waals surface area contributed by atoms with Crippen LogP contribution in [0.3, 0.4) is 0 Å². The second-order valence-corrected chi connectivity index (χ2v) is 11.7. The normalized spacial score (nSPS) is 16.9. The van der Waals surface area contributed by atoms with Crippen molar-refractivity contribution in [3.63, 3.8) is 0 Å². The molecule has 2 aliphatic heterocycles. The number of piperazine rings is 1. The summed E-state index contributed by atoms with van der Waals surface area (Å²) in [5.74, 6) is -2.72. The molecule has 1 aromatic heterocycles. The van der Waals surface area contributed by atoms with Crippen molar-refractivity contribution in [3.8, 4) is 5.75 Å². The number of hydrogen-bond acceptors (Lipinski definition) is 9. The standard InChI is InChI=1S/C32H42N6O9/c1-4-46-32(45)37-16-14-36(15-17-37)31(44)23(11-12-28(40)41)35-29(42)24-18-26(21-8-5-6-9-22(21)34-24)47-19-27(39)38-13-7-10-25(38)30(43)33-20(2)3/h5-6,8-9,18,20,23,25H,4,7,10-17,19H2,1-3H3,(H,33,43)(H,35,42)(H,40,41). The number of rotatable bonds is 12. The summed E-state index contributed by atoms with van der Waals surface area (Å²) in [5, 5.41) is 15.3. The number of benzene rings is 1. The molecule has 15 heteroatoms. The van der Waals surface area contributed by atoms with E-state index in [-0.39, 0.29) is 81.5 Å². The van der Waals surface area contributed by atoms with Crippen LogP contribution in [0.1, 0.15) is 56.9 Å². The Morgan fingerprint density at radius 1 is 1.00 bits per heavy atom. The molecule has 0 saturated carbocycles. The number of carbonyl (C=O) groups excluding carboxylic acids is 5. The number of aromatic nitrogens is 1. The summed E-state index contributed by atoms with van der Waals surface area (Å²) in [4.78, 5) is 85.1. The molecule has 0 aliphatic carbocycles. The second-order valence-electron chi connectivity index (χ2n) is 11.7. The number of amides is 5. The van der Waals surface area contributed by atoms with Crippen LogP contribution in [0.25, 0.3) is 10.9 Å². The number of nitrogens with zero attached hydrogens (tertiary/aromatic N) is 4. The monoisotopic (exact) mass is 654 g/mol. The number of hydrogen-bond donors (Lipinski definition) is 3. The van der Waals surface area contributed by atoms with Crippen molar-refractivity contribution in [1.29, 1.82) is 0 Å². The minimum Gasteiger partial charge on any atom is -0.483 e. The van der Waals surface area contributed by atoms with Crippen LogP contribution in [0, 0.1) is 0 Å². The van der Waals surface area contributed by atoms with E-state index in [2.05, 4.69) is 15.6 Å². The van der Waals surface area contributed by atoms with Crippen molar-refractivity contribution in [2.75, 3.05) is 45.9 Å². The Balaban J connectivity index is 1.48. The van der Waals surface area contributed by atoms with Crippen molar-refractivity contribution in [2.24, 2.45) is 0 Å². The van der Waals surface area contributed by atoms with E-state index in [1.807, 2.05) is 13.8 Å². The Morgan fingerprint density at radius 3 is 2.38 bits per heavy atom. The zero-order chi connectivity index (χ0) is 34.1. The van der Waals surface area contributed by atoms with Gasteiger partial charge in [0.2, 0.25) is 11.8 Å². The molecule has 47 heavy (non-hydrogen) atoms. The van der Waals surface area contributed by atoms with Crippen LogP contribution >= 0.6 is 0 Å². The molecule has 15 nitrogen and oxygen atoms in total. The molecule has 1 aromatic carbocycles. The van der Waals surface area contributed by atoms with Crippen molar-refractivity contribution in [3.05, 3.63) is 36.0 Å². The van der Waals surface area contributed by atoms with Gasteiger partial charge in [-0.05, 0) is 52.2 Å². The molecule has 2 aliphatic rings. The molecule has 5 amide bonds. The topological polar surface area (TPSA) is 188 Å². The summed E-state index contributed by atoms with van der Waals surface area (Å²) in [6, 6.07) is 6.43. The number of fused-ring (bicyclic) bond motifs is 1. The maximum atomic E-state index is 13.5. The molecule has 0 bridgehead atoms. The van der Waals surface area contributed by atoms with Gasteiger partial charge in [0.25, 0.3) is 11.8 Å². The molecule has 0 radical (unpaired) electrons. The number of likely N-dealkylation sites (tertiary alicyclic amines) is 1. The first kappa shape index (κ1) is 34.9. The maximum Gasteiger partial charge on any atom is 0.409 e. The van der Waals surface area contributed by atoms with Crippen molar-refractivity contribution < 1.29 is 43.3 Å². The van der Waals surface area contributed by atoms with Crippen LogP contribution < -0.4 is 15.4 Å². The smallest absolute Gasteiger partial charge is 0.409 e. The van der Waals surface area contributed by atoms with Gasteiger partial charge in [-0.25, -0.2) is 9.78 Å². The van der Waals surface area contributed by atoms with Gasteiger partial charge < -0.3 is 39.9 Å². The number of carboxylic acid groups (broad SMARTS) is 1. The van der Waals surface area contributed by atoms with Gasteiger partial charge >= 0.3 is 12.1 Å². The van der Waals surface area contributed by atoms with E-state index in [0.29, 0.717) is 30.3 Å². The molecule has 2 aromatic rings. The van der Waals surface area contributed by atoms with Gasteiger partial charge in [0.15, 0.2) is 6.61 Å². The number of pyridine rings is 1. The van der Waals surface area contributed by atoms with E-state index in [1.54, 1.807) is 31.2 Å². The van der Waals surface area contributed by atoms with Gasteiger partial charge in [-0.2, -0.15) is 0 Å². The zero-order valence-electron chi connectivity index (χ0n) is 26.9. The van der Waals surface area contributed by atoms with Gasteiger partial charge in [-0.3, -0.25) is 24.0 Å². The summed E-state index contributed by atoms with van der Waals surface area (Å²) >= 11 is 0. The lowest BCUT2D eigenvalue weighted by Crippen LogP contribution is -2.56. The number of ether oxygens (including phenoxy) is 2. The molecule has 2 fully saturated rings. The first-order chi connectivity index (χ1) is 22.5. The Hall–Kier alpha value is -4.95. The van der Waals surface area contributed by atoms with Crippen LogP contribution in [0.4, 0.5) is 4.79 Å². The molecular formula is C32H42N6O9. The van der Waals surface area contributed by atoms with E-state index in [1.165, 1.54) is 20.8 Å². The SMILES string of the molecule is CCOC(=O)N1CCN(C(=O)C(CCC(=O)O)NC(=O)c2cc(OCC(=O)N3CCCC3C(=O)NC(C)C)c3ccccc3n2)CC1. The van der Waals surface area contributed by atoms with E-state index in [4.69, 9.17) is 9.47 Å². The first-order valence-corrected chi connectivity index (χ1v) is 15.8. The average molecular weight is 655 g/mol. The maximum absolute atomic E-state index is 13.5. The first-order valence-electron chi connectivity index (χ1n) is 15.8. The molecule has 3 N–H and O–H groups in total. The minimum absolute atomic E-state index is 0.0652. The highest BCUT2D eigenvalue weighted by molar-refractivity contribution is 5.99. The summed E-state index contributed by atoms with van der Waals surface area (Å²) in [5.41, 5.74) is 0.309. The largest absolute Gasteiger partial charge is 0.483 e. The van der Waals surface area contributed by atoms with Crippen molar-refractivity contribution in [1.82, 2.24) is 30.3 Å². The molecule has 3 heterocycles. The third-order valence-electron chi connectivity index (χ3n) is 7.94. The Labute approximate surface area is 272 Å². The number of para-hydroxylation sites is 1. The van der Waals surface area contributed by atoms with Gasteiger partial charge in [-0.15, -0.1) is 0 Å². The van der Waals surface area contributed by atoms with E-state index in [9.17, 15) is 33.9 Å². The summed E-state index contributed by atoms with van der Waals surface area (Å²) in [6.07, 6.45) is 0.232. The Bertz CT molecular complexity index is 1490. The van der Waals surface area contributed by atoms with Crippen LogP contribution in [0.15, 0.2) is 30.3 Å². The third-order valence-corrected chi connectivity index (χ3v) is 7.94. The van der Waals surface area contributed by atoms with Gasteiger partial charge in [0, 0.05) is 56.6 Å². The summed E-state index contributed by atoms with van der Waals surface area (Å²) < 4.78 is 10.9. The summed E-state index contributed by atoms with van der Waals surface area (Å²) in [7, 11) is 0. The Morgan fingerprint density at radius 2 is 1.70 bits per heavy atom. The molecular weight excluding hydrogens is 612 g/mol. The fourth-order valence-electron chi connectivity index (χ4n) is 5.62. The predicted octanol–water partition coefficient (Wildman–Crippen LogP) is 1.39. The van der Waals surface area contributed by atoms with Crippen LogP contribution in [-0.2, 0) is 23.9 Å². The number of aliphatic carboxylic acids is 1. The van der Waals surface area contributed by atoms with Gasteiger partial charge in [0.05, 0.1) is 12.1 Å².